The van der Waals surface area contributed by atoms with Crippen LogP contribution < -0.4 is 5.73 Å². The molecule has 0 aromatic carbocycles. The molecule has 1 saturated heterocycles. The van der Waals surface area contributed by atoms with Gasteiger partial charge in [0, 0.05) is 13.1 Å². The quantitative estimate of drug-likeness (QED) is 0.797. The normalized spacial score (nSPS) is 32.3. The fraction of sp³-hybridized carbons (Fsp3) is 0.882. The maximum absolute atomic E-state index is 13.1. The van der Waals surface area contributed by atoms with Gasteiger partial charge in [-0.05, 0) is 37.5 Å². The molecule has 2 N–H and O–H groups in total. The molecule has 0 spiro atoms. The minimum atomic E-state index is -0.519. The summed E-state index contributed by atoms with van der Waals surface area (Å²) in [6.07, 6.45) is 11.7. The van der Waals surface area contributed by atoms with Crippen LogP contribution in [0.5, 0.6) is 0 Å². The van der Waals surface area contributed by atoms with Gasteiger partial charge in [0.15, 0.2) is 0 Å². The molecule has 0 aromatic rings. The molecule has 0 bridgehead atoms. The minimum Gasteiger partial charge on any atom is -0.392 e. The van der Waals surface area contributed by atoms with Gasteiger partial charge in [0.05, 0.1) is 10.4 Å². The van der Waals surface area contributed by atoms with Gasteiger partial charge in [-0.2, -0.15) is 0 Å². The summed E-state index contributed by atoms with van der Waals surface area (Å²) in [7, 11) is 0. The molecule has 1 amide bonds. The van der Waals surface area contributed by atoms with E-state index >= 15 is 0 Å². The Hall–Kier alpha value is -0.640. The smallest absolute Gasteiger partial charge is 0.235 e. The molecular weight excluding hydrogens is 280 g/mol. The van der Waals surface area contributed by atoms with Crippen molar-refractivity contribution in [1.82, 2.24) is 4.90 Å². The lowest BCUT2D eigenvalue weighted by molar-refractivity contribution is -0.143. The third kappa shape index (κ3) is 2.84. The van der Waals surface area contributed by atoms with Crippen molar-refractivity contribution < 1.29 is 4.79 Å². The second-order valence-corrected chi connectivity index (χ2v) is 7.79. The predicted molar refractivity (Wildman–Crippen MR) is 88.9 cm³/mol. The van der Waals surface area contributed by atoms with E-state index in [0.717, 1.165) is 50.6 Å². The van der Waals surface area contributed by atoms with Crippen LogP contribution in [-0.2, 0) is 4.79 Å². The first kappa shape index (κ1) is 15.3. The van der Waals surface area contributed by atoms with Gasteiger partial charge < -0.3 is 10.6 Å². The fourth-order valence-corrected chi connectivity index (χ4v) is 5.10. The molecule has 1 heterocycles. The first-order chi connectivity index (χ1) is 10.1. The molecule has 0 aromatic heterocycles. The summed E-state index contributed by atoms with van der Waals surface area (Å²) >= 11 is 5.32. The van der Waals surface area contributed by atoms with Gasteiger partial charge in [-0.25, -0.2) is 0 Å². The Balaban J connectivity index is 1.72. The second-order valence-electron chi connectivity index (χ2n) is 7.35. The number of hydrogen-bond acceptors (Lipinski definition) is 2. The van der Waals surface area contributed by atoms with Gasteiger partial charge in [-0.3, -0.25) is 4.79 Å². The monoisotopic (exact) mass is 308 g/mol. The van der Waals surface area contributed by atoms with Crippen LogP contribution in [0.3, 0.4) is 0 Å². The van der Waals surface area contributed by atoms with Crippen molar-refractivity contribution in [2.45, 2.75) is 64.2 Å². The average Bonchev–Trinajstić information content (AvgIpc) is 2.54. The molecule has 2 atom stereocenters. The Morgan fingerprint density at radius 2 is 1.67 bits per heavy atom. The lowest BCUT2D eigenvalue weighted by Crippen LogP contribution is -2.55. The molecule has 21 heavy (non-hydrogen) atoms. The zero-order chi connectivity index (χ0) is 14.9. The first-order valence-corrected chi connectivity index (χ1v) is 9.13. The van der Waals surface area contributed by atoms with E-state index in [4.69, 9.17) is 18.0 Å². The molecule has 2 saturated carbocycles. The standard InChI is InChI=1S/C17H28N2OS/c18-15(21)17(9-4-1-5-10-17)16(20)19-11-8-13-6-2-3-7-14(13)12-19/h13-14H,1-12H2,(H2,18,21). The van der Waals surface area contributed by atoms with Crippen LogP contribution in [0.2, 0.25) is 0 Å². The SMILES string of the molecule is NC(=S)C1(C(=O)N2CCC3CCCCC3C2)CCCCC1. The summed E-state index contributed by atoms with van der Waals surface area (Å²) in [4.78, 5) is 15.7. The zero-order valence-corrected chi connectivity index (χ0v) is 13.8. The zero-order valence-electron chi connectivity index (χ0n) is 13.0. The molecule has 3 nitrogen and oxygen atoms in total. The third-order valence-electron chi connectivity index (χ3n) is 6.17. The predicted octanol–water partition coefficient (Wildman–Crippen LogP) is 3.26. The number of nitrogens with two attached hydrogens (primary N) is 1. The number of carbonyl (C=O) groups excluding carboxylic acids is 1. The molecule has 3 fully saturated rings. The van der Waals surface area contributed by atoms with Crippen molar-refractivity contribution in [3.8, 4) is 0 Å². The van der Waals surface area contributed by atoms with E-state index in [2.05, 4.69) is 4.90 Å². The number of amides is 1. The van der Waals surface area contributed by atoms with Crippen molar-refractivity contribution in [2.24, 2.45) is 23.0 Å². The Bertz CT molecular complexity index is 417. The van der Waals surface area contributed by atoms with Crippen LogP contribution in [0.4, 0.5) is 0 Å². The van der Waals surface area contributed by atoms with Crippen molar-refractivity contribution in [3.63, 3.8) is 0 Å². The lowest BCUT2D eigenvalue weighted by Gasteiger charge is -2.45. The number of fused-ring (bicyclic) bond motifs is 1. The number of likely N-dealkylation sites (tertiary alicyclic amines) is 1. The molecule has 0 radical (unpaired) electrons. The molecular formula is C17H28N2OS. The van der Waals surface area contributed by atoms with E-state index in [0.29, 0.717) is 4.99 Å². The van der Waals surface area contributed by atoms with Gasteiger partial charge in [0.1, 0.15) is 0 Å². The molecule has 3 aliphatic rings. The van der Waals surface area contributed by atoms with Gasteiger partial charge in [-0.15, -0.1) is 0 Å². The summed E-state index contributed by atoms with van der Waals surface area (Å²) in [6, 6.07) is 0. The lowest BCUT2D eigenvalue weighted by atomic mass is 9.71. The maximum Gasteiger partial charge on any atom is 0.235 e. The first-order valence-electron chi connectivity index (χ1n) is 8.73. The summed E-state index contributed by atoms with van der Waals surface area (Å²) < 4.78 is 0. The summed E-state index contributed by atoms with van der Waals surface area (Å²) in [5.74, 6) is 1.83. The fourth-order valence-electron chi connectivity index (χ4n) is 4.81. The van der Waals surface area contributed by atoms with Gasteiger partial charge >= 0.3 is 0 Å². The highest BCUT2D eigenvalue weighted by Crippen LogP contribution is 2.41. The van der Waals surface area contributed by atoms with E-state index in [-0.39, 0.29) is 5.91 Å². The van der Waals surface area contributed by atoms with Crippen molar-refractivity contribution in [1.29, 1.82) is 0 Å². The number of carbonyl (C=O) groups is 1. The molecule has 118 valence electrons. The van der Waals surface area contributed by atoms with E-state index in [9.17, 15) is 4.79 Å². The number of nitrogens with zero attached hydrogens (tertiary/aromatic N) is 1. The number of hydrogen-bond donors (Lipinski definition) is 1. The highest BCUT2D eigenvalue weighted by Gasteiger charge is 2.46. The number of thiocarbonyl (C=S) groups is 1. The van der Waals surface area contributed by atoms with Crippen LogP contribution in [0, 0.1) is 17.3 Å². The van der Waals surface area contributed by atoms with Gasteiger partial charge in [0.2, 0.25) is 5.91 Å². The van der Waals surface area contributed by atoms with E-state index in [1.54, 1.807) is 0 Å². The van der Waals surface area contributed by atoms with Crippen LogP contribution in [-0.4, -0.2) is 28.9 Å². The Morgan fingerprint density at radius 3 is 2.33 bits per heavy atom. The Morgan fingerprint density at radius 1 is 1.00 bits per heavy atom. The van der Waals surface area contributed by atoms with Crippen molar-refractivity contribution in [2.75, 3.05) is 13.1 Å². The van der Waals surface area contributed by atoms with E-state index in [1.165, 1.54) is 38.5 Å². The summed E-state index contributed by atoms with van der Waals surface area (Å²) in [6.45, 7) is 1.87. The van der Waals surface area contributed by atoms with Crippen molar-refractivity contribution in [3.05, 3.63) is 0 Å². The summed E-state index contributed by atoms with van der Waals surface area (Å²) in [5, 5.41) is 0. The van der Waals surface area contributed by atoms with Crippen LogP contribution in [0.25, 0.3) is 0 Å². The third-order valence-corrected chi connectivity index (χ3v) is 6.56. The van der Waals surface area contributed by atoms with Crippen LogP contribution in [0.15, 0.2) is 0 Å². The summed E-state index contributed by atoms with van der Waals surface area (Å²) in [5.41, 5.74) is 5.51. The van der Waals surface area contributed by atoms with Crippen molar-refractivity contribution >= 4 is 23.1 Å². The minimum absolute atomic E-state index is 0.249. The maximum atomic E-state index is 13.1. The molecule has 2 unspecified atom stereocenters. The molecule has 3 rings (SSSR count). The number of rotatable bonds is 2. The molecule has 2 aliphatic carbocycles. The van der Waals surface area contributed by atoms with Gasteiger partial charge in [-0.1, -0.05) is 50.7 Å². The van der Waals surface area contributed by atoms with Gasteiger partial charge in [0.25, 0.3) is 0 Å². The van der Waals surface area contributed by atoms with Crippen LogP contribution >= 0.6 is 12.2 Å². The Labute approximate surface area is 133 Å². The highest BCUT2D eigenvalue weighted by atomic mass is 32.1. The highest BCUT2D eigenvalue weighted by molar-refractivity contribution is 7.80. The van der Waals surface area contributed by atoms with E-state index < -0.39 is 5.41 Å². The second kappa shape index (κ2) is 6.23. The largest absolute Gasteiger partial charge is 0.392 e. The molecule has 1 aliphatic heterocycles. The number of piperidine rings is 1. The average molecular weight is 308 g/mol. The molecule has 4 heteroatoms. The topological polar surface area (TPSA) is 46.3 Å². The van der Waals surface area contributed by atoms with E-state index in [1.807, 2.05) is 0 Å². The Kier molecular flexibility index (Phi) is 4.53. The van der Waals surface area contributed by atoms with Crippen LogP contribution in [0.1, 0.15) is 64.2 Å².